The molecule has 0 radical (unpaired) electrons. The highest BCUT2D eigenvalue weighted by molar-refractivity contribution is 7.99. The van der Waals surface area contributed by atoms with Crippen molar-refractivity contribution in [2.45, 2.75) is 55.2 Å². The van der Waals surface area contributed by atoms with Gasteiger partial charge < -0.3 is 4.84 Å². The number of benzene rings is 2. The molecule has 2 aromatic rings. The second-order valence-electron chi connectivity index (χ2n) is 7.10. The normalized spacial score (nSPS) is 15.2. The van der Waals surface area contributed by atoms with Crippen molar-refractivity contribution >= 4 is 29.2 Å². The lowest BCUT2D eigenvalue weighted by molar-refractivity contribution is -0.140. The van der Waals surface area contributed by atoms with E-state index in [0.717, 1.165) is 22.6 Å². The Balaban J connectivity index is 1.71. The smallest absolute Gasteiger partial charge is 0.318 e. The van der Waals surface area contributed by atoms with E-state index in [2.05, 4.69) is 17.3 Å². The summed E-state index contributed by atoms with van der Waals surface area (Å²) >= 11 is 1.65. The third kappa shape index (κ3) is 6.06. The molecule has 0 unspecified atom stereocenters. The van der Waals surface area contributed by atoms with Crippen LogP contribution in [0.15, 0.2) is 69.5 Å². The third-order valence-electron chi connectivity index (χ3n) is 4.85. The molecule has 1 fully saturated rings. The molecule has 0 saturated heterocycles. The summed E-state index contributed by atoms with van der Waals surface area (Å²) in [5.74, 6) is -0.244. The van der Waals surface area contributed by atoms with Gasteiger partial charge >= 0.3 is 5.97 Å². The Kier molecular flexibility index (Phi) is 7.43. The molecule has 0 aliphatic heterocycles. The van der Waals surface area contributed by atoms with Gasteiger partial charge in [0.1, 0.15) is 5.71 Å². The van der Waals surface area contributed by atoms with Crippen LogP contribution in [-0.2, 0) is 9.63 Å². The van der Waals surface area contributed by atoms with E-state index in [9.17, 15) is 9.59 Å². The average molecular weight is 396 g/mol. The van der Waals surface area contributed by atoms with Crippen LogP contribution in [0.2, 0.25) is 0 Å². The number of ketones is 1. The maximum absolute atomic E-state index is 13.0. The van der Waals surface area contributed by atoms with Crippen LogP contribution in [0.25, 0.3) is 0 Å². The van der Waals surface area contributed by atoms with E-state index >= 15 is 0 Å². The zero-order valence-electron chi connectivity index (χ0n) is 16.1. The molecule has 1 aliphatic carbocycles. The minimum Gasteiger partial charge on any atom is -0.318 e. The van der Waals surface area contributed by atoms with E-state index in [1.165, 1.54) is 26.2 Å². The number of rotatable bonds is 7. The highest BCUT2D eigenvalue weighted by atomic mass is 32.2. The van der Waals surface area contributed by atoms with Crippen molar-refractivity contribution in [1.82, 2.24) is 0 Å². The van der Waals surface area contributed by atoms with Gasteiger partial charge in [-0.1, -0.05) is 67.2 Å². The molecule has 0 N–H and O–H groups in total. The highest BCUT2D eigenvalue weighted by Gasteiger charge is 2.22. The van der Waals surface area contributed by atoms with Gasteiger partial charge in [-0.15, -0.1) is 0 Å². The van der Waals surface area contributed by atoms with Gasteiger partial charge in [0.25, 0.3) is 0 Å². The first-order chi connectivity index (χ1) is 13.6. The lowest BCUT2D eigenvalue weighted by atomic mass is 9.84. The molecule has 1 saturated carbocycles. The molecule has 0 heterocycles. The summed E-state index contributed by atoms with van der Waals surface area (Å²) in [6.45, 7) is 1.29. The first kappa shape index (κ1) is 20.3. The molecule has 0 aromatic heterocycles. The number of Topliss-reactive ketones (excluding diaryl/α,β-unsaturated/α-hetero) is 1. The number of nitrogens with zero attached hydrogens (tertiary/aromatic N) is 1. The second-order valence-corrected chi connectivity index (χ2v) is 8.24. The zero-order chi connectivity index (χ0) is 19.8. The van der Waals surface area contributed by atoms with E-state index in [1.54, 1.807) is 11.8 Å². The van der Waals surface area contributed by atoms with Gasteiger partial charge in [0.15, 0.2) is 0 Å². The maximum atomic E-state index is 13.0. The lowest BCUT2D eigenvalue weighted by Gasteiger charge is -2.21. The third-order valence-corrected chi connectivity index (χ3v) is 5.86. The van der Waals surface area contributed by atoms with Crippen LogP contribution in [0.3, 0.4) is 0 Å². The Morgan fingerprint density at radius 2 is 1.61 bits per heavy atom. The monoisotopic (exact) mass is 395 g/mol. The molecular formula is C23H25NO3S. The number of oxime groups is 1. The summed E-state index contributed by atoms with van der Waals surface area (Å²) < 4.78 is 0. The summed E-state index contributed by atoms with van der Waals surface area (Å²) in [7, 11) is 0. The Labute approximate surface area is 170 Å². The van der Waals surface area contributed by atoms with Crippen LogP contribution in [-0.4, -0.2) is 17.5 Å². The van der Waals surface area contributed by atoms with Crippen LogP contribution in [0.4, 0.5) is 0 Å². The summed E-state index contributed by atoms with van der Waals surface area (Å²) in [6.07, 6.45) is 6.38. The van der Waals surface area contributed by atoms with Crippen LogP contribution in [0, 0.1) is 5.92 Å². The van der Waals surface area contributed by atoms with Crippen LogP contribution >= 0.6 is 11.8 Å². The average Bonchev–Trinajstić information content (AvgIpc) is 2.72. The molecule has 5 heteroatoms. The molecule has 28 heavy (non-hydrogen) atoms. The standard InChI is InChI=1S/C23H25NO3S/c1-17(25)27-24-22(16-18-8-4-2-5-9-18)23(26)19-12-14-21(15-13-19)28-20-10-6-3-7-11-20/h3,6-7,10-15,18H,2,4-5,8-9,16H2,1H3/b24-22-. The van der Waals surface area contributed by atoms with E-state index in [1.807, 2.05) is 42.5 Å². The van der Waals surface area contributed by atoms with Crippen LogP contribution < -0.4 is 0 Å². The molecular weight excluding hydrogens is 370 g/mol. The van der Waals surface area contributed by atoms with Crippen LogP contribution in [0.1, 0.15) is 55.8 Å². The van der Waals surface area contributed by atoms with Crippen molar-refractivity contribution in [3.63, 3.8) is 0 Å². The summed E-state index contributed by atoms with van der Waals surface area (Å²) in [5, 5.41) is 3.90. The minimum atomic E-state index is -0.511. The predicted octanol–water partition coefficient (Wildman–Crippen LogP) is 5.91. The van der Waals surface area contributed by atoms with Crippen LogP contribution in [0.5, 0.6) is 0 Å². The van der Waals surface area contributed by atoms with Gasteiger partial charge in [0.05, 0.1) is 0 Å². The van der Waals surface area contributed by atoms with E-state index < -0.39 is 5.97 Å². The van der Waals surface area contributed by atoms with Crippen molar-refractivity contribution < 1.29 is 14.4 Å². The number of carbonyl (C=O) groups excluding carboxylic acids is 2. The Morgan fingerprint density at radius 3 is 2.25 bits per heavy atom. The molecule has 2 aromatic carbocycles. The fraction of sp³-hybridized carbons (Fsp3) is 0.348. The summed E-state index contributed by atoms with van der Waals surface area (Å²) in [4.78, 5) is 31.2. The van der Waals surface area contributed by atoms with E-state index in [0.29, 0.717) is 23.6 Å². The van der Waals surface area contributed by atoms with Gasteiger partial charge in [0.2, 0.25) is 5.78 Å². The molecule has 0 atom stereocenters. The first-order valence-corrected chi connectivity index (χ1v) is 10.6. The molecule has 3 rings (SSSR count). The Morgan fingerprint density at radius 1 is 0.964 bits per heavy atom. The largest absolute Gasteiger partial charge is 0.331 e. The molecule has 0 amide bonds. The maximum Gasteiger partial charge on any atom is 0.331 e. The van der Waals surface area contributed by atoms with Crippen molar-refractivity contribution in [3.8, 4) is 0 Å². The topological polar surface area (TPSA) is 55.7 Å². The minimum absolute atomic E-state index is 0.164. The quantitative estimate of drug-likeness (QED) is 0.253. The van der Waals surface area contributed by atoms with Crippen molar-refractivity contribution in [2.75, 3.05) is 0 Å². The van der Waals surface area contributed by atoms with Crippen molar-refractivity contribution in [1.29, 1.82) is 0 Å². The molecule has 1 aliphatic rings. The molecule has 4 nitrogen and oxygen atoms in total. The number of hydrogen-bond donors (Lipinski definition) is 0. The van der Waals surface area contributed by atoms with Gasteiger partial charge in [-0.05, 0) is 48.7 Å². The number of carbonyl (C=O) groups is 2. The molecule has 0 bridgehead atoms. The van der Waals surface area contributed by atoms with Gasteiger partial charge in [-0.25, -0.2) is 4.79 Å². The second kappa shape index (κ2) is 10.2. The summed E-state index contributed by atoms with van der Waals surface area (Å²) in [5.41, 5.74) is 0.907. The lowest BCUT2D eigenvalue weighted by Crippen LogP contribution is -2.21. The predicted molar refractivity (Wildman–Crippen MR) is 112 cm³/mol. The zero-order valence-corrected chi connectivity index (χ0v) is 16.9. The fourth-order valence-corrected chi connectivity index (χ4v) is 4.26. The summed E-state index contributed by atoms with van der Waals surface area (Å²) in [6, 6.07) is 17.6. The molecule has 146 valence electrons. The first-order valence-electron chi connectivity index (χ1n) is 9.74. The Bertz CT molecular complexity index is 825. The van der Waals surface area contributed by atoms with Gasteiger partial charge in [-0.3, -0.25) is 4.79 Å². The van der Waals surface area contributed by atoms with Crippen molar-refractivity contribution in [2.24, 2.45) is 11.1 Å². The highest BCUT2D eigenvalue weighted by Crippen LogP contribution is 2.29. The van der Waals surface area contributed by atoms with E-state index in [-0.39, 0.29) is 5.78 Å². The SMILES string of the molecule is CC(=O)O/N=C(/CC1CCCCC1)C(=O)c1ccc(Sc2ccccc2)cc1. The molecule has 0 spiro atoms. The van der Waals surface area contributed by atoms with Gasteiger partial charge in [-0.2, -0.15) is 0 Å². The number of hydrogen-bond acceptors (Lipinski definition) is 5. The Hall–Kier alpha value is -2.40. The van der Waals surface area contributed by atoms with Crippen molar-refractivity contribution in [3.05, 3.63) is 60.2 Å². The van der Waals surface area contributed by atoms with E-state index in [4.69, 9.17) is 4.84 Å². The van der Waals surface area contributed by atoms with Gasteiger partial charge in [0, 0.05) is 22.3 Å². The fourth-order valence-electron chi connectivity index (χ4n) is 3.42.